The number of hydrogen-bond acceptors (Lipinski definition) is 5. The second kappa shape index (κ2) is 9.35. The summed E-state index contributed by atoms with van der Waals surface area (Å²) in [5.41, 5.74) is 3.01. The minimum atomic E-state index is -0.0576. The molecule has 2 heterocycles. The normalized spacial score (nSPS) is 12.9. The molecule has 4 rings (SSSR count). The predicted octanol–water partition coefficient (Wildman–Crippen LogP) is 4.22. The zero-order valence-electron chi connectivity index (χ0n) is 17.7. The van der Waals surface area contributed by atoms with Crippen molar-refractivity contribution in [2.75, 3.05) is 31.6 Å². The maximum Gasteiger partial charge on any atom is 0.260 e. The van der Waals surface area contributed by atoms with Gasteiger partial charge in [0.25, 0.3) is 5.91 Å². The smallest absolute Gasteiger partial charge is 0.260 e. The molecule has 160 valence electrons. The third kappa shape index (κ3) is 4.80. The Balaban J connectivity index is 1.54. The van der Waals surface area contributed by atoms with E-state index in [1.807, 2.05) is 42.3 Å². The first kappa shape index (κ1) is 21.1. The number of hydrogen-bond donors (Lipinski definition) is 0. The van der Waals surface area contributed by atoms with Crippen molar-refractivity contribution in [2.45, 2.75) is 19.9 Å². The van der Waals surface area contributed by atoms with Crippen molar-refractivity contribution in [3.05, 3.63) is 70.9 Å². The Morgan fingerprint density at radius 2 is 1.87 bits per heavy atom. The van der Waals surface area contributed by atoms with Crippen LogP contribution in [0.3, 0.4) is 0 Å². The van der Waals surface area contributed by atoms with Crippen LogP contribution in [-0.4, -0.2) is 47.5 Å². The van der Waals surface area contributed by atoms with Crippen LogP contribution in [0.4, 0.5) is 5.82 Å². The standard InChI is InChI=1S/C24H25ClN4O2/c1-3-28(2)24-20-15-29(22(30)16-31-19-11-9-18(25)10-12-19)14-13-21(20)26-23(27-24)17-7-5-4-6-8-17/h4-12H,3,13-16H2,1-2H3. The molecule has 0 saturated heterocycles. The topological polar surface area (TPSA) is 58.6 Å². The molecule has 1 amide bonds. The molecule has 1 aliphatic heterocycles. The lowest BCUT2D eigenvalue weighted by Gasteiger charge is -2.31. The van der Waals surface area contributed by atoms with E-state index < -0.39 is 0 Å². The SMILES string of the molecule is CCN(C)c1nc(-c2ccccc2)nc2c1CN(C(=O)COc1ccc(Cl)cc1)CC2. The van der Waals surface area contributed by atoms with Gasteiger partial charge < -0.3 is 14.5 Å². The number of carbonyl (C=O) groups is 1. The number of nitrogens with zero attached hydrogens (tertiary/aromatic N) is 4. The number of benzene rings is 2. The first-order chi connectivity index (χ1) is 15.0. The summed E-state index contributed by atoms with van der Waals surface area (Å²) in [5, 5.41) is 0.633. The number of carbonyl (C=O) groups excluding carboxylic acids is 1. The highest BCUT2D eigenvalue weighted by Crippen LogP contribution is 2.29. The molecule has 1 aliphatic rings. The van der Waals surface area contributed by atoms with Crippen LogP contribution in [0.2, 0.25) is 5.02 Å². The van der Waals surface area contributed by atoms with Gasteiger partial charge in [-0.25, -0.2) is 9.97 Å². The van der Waals surface area contributed by atoms with Crippen molar-refractivity contribution < 1.29 is 9.53 Å². The second-order valence-corrected chi connectivity index (χ2v) is 7.92. The zero-order chi connectivity index (χ0) is 21.8. The Morgan fingerprint density at radius 3 is 2.58 bits per heavy atom. The van der Waals surface area contributed by atoms with Crippen molar-refractivity contribution in [2.24, 2.45) is 0 Å². The molecule has 0 N–H and O–H groups in total. The Hall–Kier alpha value is -3.12. The van der Waals surface area contributed by atoms with Crippen LogP contribution >= 0.6 is 11.6 Å². The van der Waals surface area contributed by atoms with E-state index in [9.17, 15) is 4.79 Å². The van der Waals surface area contributed by atoms with E-state index in [1.54, 1.807) is 24.3 Å². The molecule has 0 spiro atoms. The molecule has 2 aromatic carbocycles. The Bertz CT molecular complexity index is 1060. The third-order valence-electron chi connectivity index (χ3n) is 5.43. The van der Waals surface area contributed by atoms with E-state index in [-0.39, 0.29) is 12.5 Å². The van der Waals surface area contributed by atoms with Gasteiger partial charge in [-0.1, -0.05) is 41.9 Å². The first-order valence-electron chi connectivity index (χ1n) is 10.4. The number of anilines is 1. The van der Waals surface area contributed by atoms with Crippen LogP contribution in [0.25, 0.3) is 11.4 Å². The van der Waals surface area contributed by atoms with Gasteiger partial charge in [0.2, 0.25) is 0 Å². The van der Waals surface area contributed by atoms with E-state index in [2.05, 4.69) is 11.8 Å². The molecular formula is C24H25ClN4O2. The second-order valence-electron chi connectivity index (χ2n) is 7.48. The van der Waals surface area contributed by atoms with Gasteiger partial charge in [-0.3, -0.25) is 4.79 Å². The van der Waals surface area contributed by atoms with E-state index in [0.717, 1.165) is 35.0 Å². The zero-order valence-corrected chi connectivity index (χ0v) is 18.5. The lowest BCUT2D eigenvalue weighted by molar-refractivity contribution is -0.134. The third-order valence-corrected chi connectivity index (χ3v) is 5.69. The van der Waals surface area contributed by atoms with Gasteiger partial charge in [0.05, 0.1) is 12.2 Å². The number of aromatic nitrogens is 2. The van der Waals surface area contributed by atoms with Gasteiger partial charge in [-0.2, -0.15) is 0 Å². The maximum atomic E-state index is 12.8. The largest absolute Gasteiger partial charge is 0.484 e. The summed E-state index contributed by atoms with van der Waals surface area (Å²) in [6.45, 7) is 3.97. The maximum absolute atomic E-state index is 12.8. The Kier molecular flexibility index (Phi) is 6.37. The molecule has 0 unspecified atom stereocenters. The van der Waals surface area contributed by atoms with E-state index >= 15 is 0 Å². The first-order valence-corrected chi connectivity index (χ1v) is 10.8. The highest BCUT2D eigenvalue weighted by atomic mass is 35.5. The molecule has 3 aromatic rings. The molecule has 31 heavy (non-hydrogen) atoms. The van der Waals surface area contributed by atoms with Gasteiger partial charge in [0.15, 0.2) is 12.4 Å². The molecular weight excluding hydrogens is 412 g/mol. The van der Waals surface area contributed by atoms with E-state index in [0.29, 0.717) is 30.3 Å². The van der Waals surface area contributed by atoms with Gasteiger partial charge in [0, 0.05) is 42.7 Å². The van der Waals surface area contributed by atoms with Crippen LogP contribution < -0.4 is 9.64 Å². The number of halogens is 1. The van der Waals surface area contributed by atoms with Gasteiger partial charge in [0.1, 0.15) is 11.6 Å². The minimum Gasteiger partial charge on any atom is -0.484 e. The van der Waals surface area contributed by atoms with Crippen molar-refractivity contribution in [1.29, 1.82) is 0 Å². The fourth-order valence-corrected chi connectivity index (χ4v) is 3.68. The van der Waals surface area contributed by atoms with Gasteiger partial charge in [-0.05, 0) is 31.2 Å². The van der Waals surface area contributed by atoms with Crippen molar-refractivity contribution in [3.8, 4) is 17.1 Å². The predicted molar refractivity (Wildman–Crippen MR) is 122 cm³/mol. The average molecular weight is 437 g/mol. The monoisotopic (exact) mass is 436 g/mol. The molecule has 0 atom stereocenters. The molecule has 0 radical (unpaired) electrons. The summed E-state index contributed by atoms with van der Waals surface area (Å²) >= 11 is 5.90. The molecule has 1 aromatic heterocycles. The Morgan fingerprint density at radius 1 is 1.13 bits per heavy atom. The fourth-order valence-electron chi connectivity index (χ4n) is 3.56. The Labute approximate surface area is 187 Å². The average Bonchev–Trinajstić information content (AvgIpc) is 2.82. The molecule has 0 aliphatic carbocycles. The van der Waals surface area contributed by atoms with Gasteiger partial charge >= 0.3 is 0 Å². The summed E-state index contributed by atoms with van der Waals surface area (Å²) < 4.78 is 5.65. The summed E-state index contributed by atoms with van der Waals surface area (Å²) in [7, 11) is 2.02. The molecule has 0 fully saturated rings. The van der Waals surface area contributed by atoms with Crippen LogP contribution in [0.1, 0.15) is 18.2 Å². The summed E-state index contributed by atoms with van der Waals surface area (Å²) in [6.07, 6.45) is 0.689. The quantitative estimate of drug-likeness (QED) is 0.579. The summed E-state index contributed by atoms with van der Waals surface area (Å²) in [6, 6.07) is 17.0. The number of rotatable bonds is 6. The highest BCUT2D eigenvalue weighted by molar-refractivity contribution is 6.30. The van der Waals surface area contributed by atoms with Crippen molar-refractivity contribution in [1.82, 2.24) is 14.9 Å². The van der Waals surface area contributed by atoms with Crippen LogP contribution in [0.5, 0.6) is 5.75 Å². The molecule has 0 bridgehead atoms. The minimum absolute atomic E-state index is 0.0150. The van der Waals surface area contributed by atoms with Crippen molar-refractivity contribution >= 4 is 23.3 Å². The van der Waals surface area contributed by atoms with E-state index in [4.69, 9.17) is 26.3 Å². The lowest BCUT2D eigenvalue weighted by Crippen LogP contribution is -2.40. The number of amides is 1. The number of fused-ring (bicyclic) bond motifs is 1. The summed E-state index contributed by atoms with van der Waals surface area (Å²) in [5.74, 6) is 2.17. The molecule has 0 saturated carbocycles. The highest BCUT2D eigenvalue weighted by Gasteiger charge is 2.27. The van der Waals surface area contributed by atoms with Crippen LogP contribution in [0.15, 0.2) is 54.6 Å². The van der Waals surface area contributed by atoms with Gasteiger partial charge in [-0.15, -0.1) is 0 Å². The molecule has 7 heteroatoms. The molecule has 6 nitrogen and oxygen atoms in total. The number of ether oxygens (including phenoxy) is 1. The van der Waals surface area contributed by atoms with Crippen LogP contribution in [0, 0.1) is 0 Å². The lowest BCUT2D eigenvalue weighted by atomic mass is 10.0. The van der Waals surface area contributed by atoms with Crippen LogP contribution in [-0.2, 0) is 17.8 Å². The van der Waals surface area contributed by atoms with E-state index in [1.165, 1.54) is 0 Å². The summed E-state index contributed by atoms with van der Waals surface area (Å²) in [4.78, 5) is 26.4. The fraction of sp³-hybridized carbons (Fsp3) is 0.292. The van der Waals surface area contributed by atoms with Crippen molar-refractivity contribution in [3.63, 3.8) is 0 Å².